The molecule has 0 bridgehead atoms. The molecular weight excluding hydrogens is 340 g/mol. The van der Waals surface area contributed by atoms with E-state index in [-0.39, 0.29) is 0 Å². The van der Waals surface area contributed by atoms with E-state index in [0.717, 1.165) is 12.6 Å². The second-order valence-corrected chi connectivity index (χ2v) is 6.91. The third-order valence-electron chi connectivity index (χ3n) is 4.37. The van der Waals surface area contributed by atoms with Crippen molar-refractivity contribution < 1.29 is 19.8 Å². The first-order chi connectivity index (χ1) is 11.9. The Morgan fingerprint density at radius 3 is 2.00 bits per heavy atom. The Bertz CT molecular complexity index is 531. The third-order valence-corrected chi connectivity index (χ3v) is 5.11. The van der Waals surface area contributed by atoms with E-state index >= 15 is 0 Å². The predicted octanol–water partition coefficient (Wildman–Crippen LogP) is 2.48. The van der Waals surface area contributed by atoms with Crippen LogP contribution in [-0.2, 0) is 16.1 Å². The van der Waals surface area contributed by atoms with E-state index in [4.69, 9.17) is 19.8 Å². The maximum atomic E-state index is 9.10. The number of carboxylic acid groups (broad SMARTS) is 2. The van der Waals surface area contributed by atoms with Crippen molar-refractivity contribution >= 4 is 23.7 Å². The van der Waals surface area contributed by atoms with Crippen LogP contribution in [-0.4, -0.2) is 70.4 Å². The molecule has 6 nitrogen and oxygen atoms in total. The number of hydrogen-bond acceptors (Lipinski definition) is 5. The van der Waals surface area contributed by atoms with Gasteiger partial charge in [0.05, 0.1) is 0 Å². The summed E-state index contributed by atoms with van der Waals surface area (Å²) in [6, 6.07) is 9.74. The quantitative estimate of drug-likeness (QED) is 0.610. The van der Waals surface area contributed by atoms with Crippen LogP contribution in [0.2, 0.25) is 0 Å². The minimum absolute atomic E-state index is 0.739. The average Bonchev–Trinajstić information content (AvgIpc) is 2.62. The van der Waals surface area contributed by atoms with Crippen molar-refractivity contribution in [2.45, 2.75) is 37.8 Å². The van der Waals surface area contributed by atoms with E-state index in [1.165, 1.54) is 43.1 Å². The molecule has 1 aromatic rings. The van der Waals surface area contributed by atoms with Crippen LogP contribution in [0, 0.1) is 0 Å². The van der Waals surface area contributed by atoms with Crippen molar-refractivity contribution in [2.75, 3.05) is 32.4 Å². The lowest BCUT2D eigenvalue weighted by Gasteiger charge is -2.37. The molecule has 2 rings (SSSR count). The van der Waals surface area contributed by atoms with Gasteiger partial charge < -0.3 is 10.2 Å². The number of benzene rings is 1. The van der Waals surface area contributed by atoms with Gasteiger partial charge in [-0.1, -0.05) is 19.1 Å². The first kappa shape index (κ1) is 21.5. The summed E-state index contributed by atoms with van der Waals surface area (Å²) in [6.07, 6.45) is 3.39. The molecule has 140 valence electrons. The Labute approximate surface area is 153 Å². The summed E-state index contributed by atoms with van der Waals surface area (Å²) in [7, 11) is 0. The average molecular weight is 368 g/mol. The zero-order valence-electron chi connectivity index (χ0n) is 15.1. The zero-order chi connectivity index (χ0) is 18.8. The smallest absolute Gasteiger partial charge is 0.414 e. The number of aliphatic carboxylic acids is 2. The minimum Gasteiger partial charge on any atom is -0.473 e. The van der Waals surface area contributed by atoms with Gasteiger partial charge in [0, 0.05) is 43.7 Å². The normalized spacial score (nSPS) is 16.6. The van der Waals surface area contributed by atoms with E-state index in [1.807, 2.05) is 11.8 Å². The molecule has 2 N–H and O–H groups in total. The Morgan fingerprint density at radius 1 is 1.08 bits per heavy atom. The predicted molar refractivity (Wildman–Crippen MR) is 100 cm³/mol. The van der Waals surface area contributed by atoms with E-state index in [2.05, 4.69) is 54.2 Å². The van der Waals surface area contributed by atoms with Gasteiger partial charge in [0.1, 0.15) is 0 Å². The summed E-state index contributed by atoms with van der Waals surface area (Å²) in [5.74, 6) is -3.65. The molecular formula is C18H28N2O4S. The van der Waals surface area contributed by atoms with Crippen molar-refractivity contribution in [3.63, 3.8) is 0 Å². The summed E-state index contributed by atoms with van der Waals surface area (Å²) >= 11 is 1.81. The van der Waals surface area contributed by atoms with Crippen LogP contribution in [0.25, 0.3) is 0 Å². The molecule has 1 aromatic carbocycles. The molecule has 1 aliphatic heterocycles. The molecule has 0 aliphatic carbocycles. The molecule has 7 heteroatoms. The molecule has 1 aliphatic rings. The van der Waals surface area contributed by atoms with Gasteiger partial charge in [-0.15, -0.1) is 11.8 Å². The van der Waals surface area contributed by atoms with Crippen molar-refractivity contribution in [2.24, 2.45) is 0 Å². The second kappa shape index (κ2) is 11.1. The van der Waals surface area contributed by atoms with Crippen LogP contribution in [0.3, 0.4) is 0 Å². The summed E-state index contributed by atoms with van der Waals surface area (Å²) in [5, 5.41) is 14.8. The van der Waals surface area contributed by atoms with Gasteiger partial charge in [-0.05, 0) is 37.3 Å². The highest BCUT2D eigenvalue weighted by molar-refractivity contribution is 7.98. The number of carboxylic acids is 2. The lowest BCUT2D eigenvalue weighted by molar-refractivity contribution is -0.159. The maximum absolute atomic E-state index is 9.10. The zero-order valence-corrected chi connectivity index (χ0v) is 16.0. The standard InChI is InChI=1S/C16H26N2S.C2H2O4/c1-4-14(2)18-11-9-17(10-12-18)13-15-5-7-16(19-3)8-6-15;3-1(4)2(5)6/h5-8,14H,4,9-13H2,1-3H3;(H,3,4)(H,5,6). The number of thioether (sulfide) groups is 1. The largest absolute Gasteiger partial charge is 0.473 e. The van der Waals surface area contributed by atoms with Gasteiger partial charge in [-0.2, -0.15) is 0 Å². The fourth-order valence-electron chi connectivity index (χ4n) is 2.61. The Balaban J connectivity index is 0.000000450. The molecule has 0 radical (unpaired) electrons. The van der Waals surface area contributed by atoms with Gasteiger partial charge in [0.25, 0.3) is 0 Å². The minimum atomic E-state index is -1.82. The van der Waals surface area contributed by atoms with E-state index in [9.17, 15) is 0 Å². The molecule has 0 amide bonds. The van der Waals surface area contributed by atoms with Crippen molar-refractivity contribution in [1.82, 2.24) is 9.80 Å². The molecule has 1 unspecified atom stereocenters. The number of hydrogen-bond donors (Lipinski definition) is 2. The van der Waals surface area contributed by atoms with Crippen molar-refractivity contribution in [3.8, 4) is 0 Å². The SMILES string of the molecule is CCC(C)N1CCN(Cc2ccc(SC)cc2)CC1.O=C(O)C(=O)O. The molecule has 0 aromatic heterocycles. The van der Waals surface area contributed by atoms with E-state index in [0.29, 0.717) is 0 Å². The lowest BCUT2D eigenvalue weighted by Crippen LogP contribution is -2.48. The Kier molecular flexibility index (Phi) is 9.55. The summed E-state index contributed by atoms with van der Waals surface area (Å²) in [6.45, 7) is 10.6. The number of piperazine rings is 1. The first-order valence-corrected chi connectivity index (χ1v) is 9.65. The van der Waals surface area contributed by atoms with Crippen LogP contribution in [0.4, 0.5) is 0 Å². The molecule has 1 saturated heterocycles. The molecule has 1 atom stereocenters. The van der Waals surface area contributed by atoms with Crippen LogP contribution >= 0.6 is 11.8 Å². The highest BCUT2D eigenvalue weighted by Gasteiger charge is 2.19. The summed E-state index contributed by atoms with van der Waals surface area (Å²) in [5.41, 5.74) is 1.44. The van der Waals surface area contributed by atoms with E-state index in [1.54, 1.807) is 0 Å². The molecule has 0 spiro atoms. The third kappa shape index (κ3) is 7.90. The Hall–Kier alpha value is -1.57. The maximum Gasteiger partial charge on any atom is 0.414 e. The van der Waals surface area contributed by atoms with Gasteiger partial charge in [0.15, 0.2) is 0 Å². The van der Waals surface area contributed by atoms with Gasteiger partial charge in [0.2, 0.25) is 0 Å². The molecule has 1 fully saturated rings. The van der Waals surface area contributed by atoms with Crippen molar-refractivity contribution in [1.29, 1.82) is 0 Å². The second-order valence-electron chi connectivity index (χ2n) is 6.03. The highest BCUT2D eigenvalue weighted by Crippen LogP contribution is 2.17. The topological polar surface area (TPSA) is 81.1 Å². The highest BCUT2D eigenvalue weighted by atomic mass is 32.2. The number of rotatable bonds is 5. The number of nitrogens with zero attached hydrogens (tertiary/aromatic N) is 2. The first-order valence-electron chi connectivity index (χ1n) is 8.42. The van der Waals surface area contributed by atoms with Gasteiger partial charge in [-0.3, -0.25) is 9.80 Å². The number of carbonyl (C=O) groups is 2. The van der Waals surface area contributed by atoms with Crippen LogP contribution in [0.15, 0.2) is 29.2 Å². The van der Waals surface area contributed by atoms with Gasteiger partial charge >= 0.3 is 11.9 Å². The fraction of sp³-hybridized carbons (Fsp3) is 0.556. The monoisotopic (exact) mass is 368 g/mol. The van der Waals surface area contributed by atoms with Crippen LogP contribution in [0.1, 0.15) is 25.8 Å². The van der Waals surface area contributed by atoms with Gasteiger partial charge in [-0.25, -0.2) is 9.59 Å². The molecule has 0 saturated carbocycles. The summed E-state index contributed by atoms with van der Waals surface area (Å²) in [4.78, 5) is 24.7. The van der Waals surface area contributed by atoms with Crippen LogP contribution in [0.5, 0.6) is 0 Å². The molecule has 1 heterocycles. The fourth-order valence-corrected chi connectivity index (χ4v) is 3.02. The van der Waals surface area contributed by atoms with E-state index < -0.39 is 11.9 Å². The van der Waals surface area contributed by atoms with Crippen LogP contribution < -0.4 is 0 Å². The van der Waals surface area contributed by atoms with Crippen molar-refractivity contribution in [3.05, 3.63) is 29.8 Å². The lowest BCUT2D eigenvalue weighted by atomic mass is 10.1. The Morgan fingerprint density at radius 2 is 1.60 bits per heavy atom. The molecule has 25 heavy (non-hydrogen) atoms. The summed E-state index contributed by atoms with van der Waals surface area (Å²) < 4.78 is 0.